The summed E-state index contributed by atoms with van der Waals surface area (Å²) in [7, 11) is 3.15. The number of esters is 1. The molecule has 0 aliphatic carbocycles. The average Bonchev–Trinajstić information content (AvgIpc) is 2.56. The Balaban J connectivity index is 2.80. The molecule has 0 fully saturated rings. The van der Waals surface area contributed by atoms with E-state index in [0.29, 0.717) is 18.5 Å². The summed E-state index contributed by atoms with van der Waals surface area (Å²) < 4.78 is 6.39. The number of methoxy groups -OCH3 is 1. The Morgan fingerprint density at radius 3 is 2.60 bits per heavy atom. The fraction of sp³-hybridized carbons (Fsp3) is 0.455. The number of ether oxygens (including phenoxy) is 1. The van der Waals surface area contributed by atoms with Gasteiger partial charge in [-0.25, -0.2) is 4.79 Å². The van der Waals surface area contributed by atoms with Crippen molar-refractivity contribution in [1.82, 2.24) is 4.57 Å². The molecule has 82 valence electrons. The van der Waals surface area contributed by atoms with Crippen LogP contribution in [-0.2, 0) is 23.0 Å². The zero-order chi connectivity index (χ0) is 11.4. The summed E-state index contributed by atoms with van der Waals surface area (Å²) in [5.41, 5.74) is 1.47. The summed E-state index contributed by atoms with van der Waals surface area (Å²) in [6, 6.07) is 3.55. The van der Waals surface area contributed by atoms with E-state index in [-0.39, 0.29) is 11.8 Å². The van der Waals surface area contributed by atoms with Crippen LogP contribution in [0.3, 0.4) is 0 Å². The van der Waals surface area contributed by atoms with Crippen LogP contribution in [0.25, 0.3) is 0 Å². The van der Waals surface area contributed by atoms with Crippen molar-refractivity contribution in [3.8, 4) is 0 Å². The van der Waals surface area contributed by atoms with Gasteiger partial charge in [-0.1, -0.05) is 0 Å². The van der Waals surface area contributed by atoms with Crippen molar-refractivity contribution in [2.45, 2.75) is 19.8 Å². The Hall–Kier alpha value is -1.58. The number of nitrogens with zero attached hydrogens (tertiary/aromatic N) is 1. The van der Waals surface area contributed by atoms with Crippen molar-refractivity contribution >= 4 is 11.8 Å². The van der Waals surface area contributed by atoms with Crippen LogP contribution in [0.15, 0.2) is 12.1 Å². The van der Waals surface area contributed by atoms with Crippen LogP contribution in [0.4, 0.5) is 0 Å². The number of rotatable bonds is 4. The van der Waals surface area contributed by atoms with Gasteiger partial charge in [-0.15, -0.1) is 0 Å². The highest BCUT2D eigenvalue weighted by Gasteiger charge is 2.12. The number of aryl methyl sites for hydroxylation is 1. The molecule has 0 aliphatic rings. The highest BCUT2D eigenvalue weighted by atomic mass is 16.5. The zero-order valence-corrected chi connectivity index (χ0v) is 9.24. The van der Waals surface area contributed by atoms with Crippen molar-refractivity contribution in [2.24, 2.45) is 7.05 Å². The lowest BCUT2D eigenvalue weighted by molar-refractivity contribution is -0.117. The molecule has 4 nitrogen and oxygen atoms in total. The molecule has 0 unspecified atom stereocenters. The van der Waals surface area contributed by atoms with Gasteiger partial charge < -0.3 is 14.1 Å². The monoisotopic (exact) mass is 209 g/mol. The second-order valence-electron chi connectivity index (χ2n) is 3.46. The standard InChI is InChI=1S/C11H15NO3/c1-8(13)4-5-9-6-7-10(12(9)2)11(14)15-3/h6-7H,4-5H2,1-3H3. The Kier molecular flexibility index (Phi) is 3.66. The van der Waals surface area contributed by atoms with Crippen LogP contribution in [0.2, 0.25) is 0 Å². The molecule has 15 heavy (non-hydrogen) atoms. The number of carbonyl (C=O) groups excluding carboxylic acids is 2. The molecule has 0 saturated heterocycles. The third kappa shape index (κ3) is 2.68. The Morgan fingerprint density at radius 2 is 2.07 bits per heavy atom. The smallest absolute Gasteiger partial charge is 0.354 e. The molecule has 1 aromatic heterocycles. The molecule has 0 spiro atoms. The van der Waals surface area contributed by atoms with Crippen molar-refractivity contribution in [1.29, 1.82) is 0 Å². The van der Waals surface area contributed by atoms with Gasteiger partial charge in [-0.3, -0.25) is 0 Å². The fourth-order valence-electron chi connectivity index (χ4n) is 1.42. The summed E-state index contributed by atoms with van der Waals surface area (Å²) in [6.45, 7) is 1.56. The van der Waals surface area contributed by atoms with E-state index in [1.807, 2.05) is 6.07 Å². The molecule has 0 atom stereocenters. The maximum Gasteiger partial charge on any atom is 0.354 e. The summed E-state index contributed by atoms with van der Waals surface area (Å²) in [4.78, 5) is 22.1. The first-order valence-electron chi connectivity index (χ1n) is 4.78. The topological polar surface area (TPSA) is 48.3 Å². The van der Waals surface area contributed by atoms with Gasteiger partial charge in [0, 0.05) is 19.2 Å². The number of aromatic nitrogens is 1. The van der Waals surface area contributed by atoms with Crippen molar-refractivity contribution in [2.75, 3.05) is 7.11 Å². The van der Waals surface area contributed by atoms with Crippen molar-refractivity contribution in [3.05, 3.63) is 23.5 Å². The summed E-state index contributed by atoms with van der Waals surface area (Å²) in [6.07, 6.45) is 1.15. The van der Waals surface area contributed by atoms with E-state index in [1.54, 1.807) is 24.6 Å². The SMILES string of the molecule is COC(=O)c1ccc(CCC(C)=O)n1C. The first kappa shape index (κ1) is 11.5. The van der Waals surface area contributed by atoms with Crippen LogP contribution in [0.5, 0.6) is 0 Å². The maximum atomic E-state index is 11.3. The molecule has 0 aromatic carbocycles. The first-order valence-corrected chi connectivity index (χ1v) is 4.78. The second-order valence-corrected chi connectivity index (χ2v) is 3.46. The van der Waals surface area contributed by atoms with Crippen LogP contribution < -0.4 is 0 Å². The third-order valence-electron chi connectivity index (χ3n) is 2.35. The van der Waals surface area contributed by atoms with Gasteiger partial charge in [-0.05, 0) is 25.5 Å². The van der Waals surface area contributed by atoms with Gasteiger partial charge >= 0.3 is 5.97 Å². The van der Waals surface area contributed by atoms with Crippen molar-refractivity contribution in [3.63, 3.8) is 0 Å². The lowest BCUT2D eigenvalue weighted by Crippen LogP contribution is -2.09. The highest BCUT2D eigenvalue weighted by Crippen LogP contribution is 2.10. The van der Waals surface area contributed by atoms with Gasteiger partial charge in [0.25, 0.3) is 0 Å². The zero-order valence-electron chi connectivity index (χ0n) is 9.24. The number of Topliss-reactive ketones (excluding diaryl/α,β-unsaturated/α-hetero) is 1. The van der Waals surface area contributed by atoms with E-state index >= 15 is 0 Å². The van der Waals surface area contributed by atoms with Crippen LogP contribution in [-0.4, -0.2) is 23.4 Å². The lowest BCUT2D eigenvalue weighted by atomic mass is 10.2. The number of ketones is 1. The largest absolute Gasteiger partial charge is 0.464 e. The van der Waals surface area contributed by atoms with E-state index in [9.17, 15) is 9.59 Å². The average molecular weight is 209 g/mol. The molecule has 0 N–H and O–H groups in total. The molecule has 0 saturated carbocycles. The predicted molar refractivity (Wildman–Crippen MR) is 55.8 cm³/mol. The molecule has 0 bridgehead atoms. The molecule has 4 heteroatoms. The van der Waals surface area contributed by atoms with Crippen LogP contribution in [0, 0.1) is 0 Å². The van der Waals surface area contributed by atoms with E-state index in [4.69, 9.17) is 0 Å². The molecule has 0 aliphatic heterocycles. The molecule has 1 heterocycles. The molecular weight excluding hydrogens is 194 g/mol. The minimum absolute atomic E-state index is 0.149. The second kappa shape index (κ2) is 4.77. The minimum atomic E-state index is -0.355. The molecule has 1 aromatic rings. The molecule has 0 radical (unpaired) electrons. The van der Waals surface area contributed by atoms with Gasteiger partial charge in [0.2, 0.25) is 0 Å². The Labute approximate surface area is 88.8 Å². The maximum absolute atomic E-state index is 11.3. The minimum Gasteiger partial charge on any atom is -0.464 e. The first-order chi connectivity index (χ1) is 7.06. The molecule has 1 rings (SSSR count). The lowest BCUT2D eigenvalue weighted by Gasteiger charge is -2.05. The Bertz CT molecular complexity index is 379. The van der Waals surface area contributed by atoms with E-state index < -0.39 is 0 Å². The van der Waals surface area contributed by atoms with Crippen LogP contribution >= 0.6 is 0 Å². The third-order valence-corrected chi connectivity index (χ3v) is 2.35. The summed E-state index contributed by atoms with van der Waals surface area (Å²) >= 11 is 0. The number of carbonyl (C=O) groups is 2. The highest BCUT2D eigenvalue weighted by molar-refractivity contribution is 5.87. The van der Waals surface area contributed by atoms with Crippen molar-refractivity contribution < 1.29 is 14.3 Å². The van der Waals surface area contributed by atoms with Gasteiger partial charge in [0.1, 0.15) is 11.5 Å². The predicted octanol–water partition coefficient (Wildman–Crippen LogP) is 1.33. The summed E-state index contributed by atoms with van der Waals surface area (Å²) in [5, 5.41) is 0. The van der Waals surface area contributed by atoms with E-state index in [0.717, 1.165) is 5.69 Å². The number of hydrogen-bond donors (Lipinski definition) is 0. The van der Waals surface area contributed by atoms with Crippen LogP contribution in [0.1, 0.15) is 29.5 Å². The fourth-order valence-corrected chi connectivity index (χ4v) is 1.42. The Morgan fingerprint density at radius 1 is 1.40 bits per heavy atom. The van der Waals surface area contributed by atoms with E-state index in [1.165, 1.54) is 7.11 Å². The normalized spacial score (nSPS) is 10.1. The van der Waals surface area contributed by atoms with Gasteiger partial charge in [0.05, 0.1) is 7.11 Å². The van der Waals surface area contributed by atoms with Gasteiger partial charge in [0.15, 0.2) is 0 Å². The quantitative estimate of drug-likeness (QED) is 0.703. The van der Waals surface area contributed by atoms with E-state index in [2.05, 4.69) is 4.74 Å². The number of hydrogen-bond acceptors (Lipinski definition) is 3. The van der Waals surface area contributed by atoms with Gasteiger partial charge in [-0.2, -0.15) is 0 Å². The summed E-state index contributed by atoms with van der Waals surface area (Å²) in [5.74, 6) is -0.206. The molecular formula is C11H15NO3. The molecule has 0 amide bonds.